The second-order valence-electron chi connectivity index (χ2n) is 5.00. The second kappa shape index (κ2) is 8.36. The lowest BCUT2D eigenvalue weighted by atomic mass is 10.1. The van der Waals surface area contributed by atoms with Gasteiger partial charge in [-0.3, -0.25) is 0 Å². The number of aryl methyl sites for hydroxylation is 1. The number of nitrogen functional groups attached to an aromatic ring is 1. The van der Waals surface area contributed by atoms with Crippen LogP contribution in [-0.4, -0.2) is 39.5 Å². The third-order valence-corrected chi connectivity index (χ3v) is 5.14. The topological polar surface area (TPSA) is 75.4 Å². The summed E-state index contributed by atoms with van der Waals surface area (Å²) in [6.07, 6.45) is 1.46. The Kier molecular flexibility index (Phi) is 7.14. The number of nitrogens with two attached hydrogens (primary N) is 1. The van der Waals surface area contributed by atoms with Crippen LogP contribution in [0.5, 0.6) is 0 Å². The molecule has 6 heteroatoms. The molecule has 0 unspecified atom stereocenters. The molecule has 1 aromatic rings. The molecule has 21 heavy (non-hydrogen) atoms. The lowest BCUT2D eigenvalue weighted by Crippen LogP contribution is -2.30. The Labute approximate surface area is 128 Å². The Balaban J connectivity index is 2.68. The van der Waals surface area contributed by atoms with Crippen LogP contribution in [0.25, 0.3) is 0 Å². The van der Waals surface area contributed by atoms with E-state index in [1.165, 1.54) is 6.07 Å². The number of benzene rings is 1. The number of nitrogens with zero attached hydrogens (tertiary/aromatic N) is 1. The first kappa shape index (κ1) is 17.9. The number of nitrogens with one attached hydrogen (secondary N) is 1. The van der Waals surface area contributed by atoms with E-state index in [2.05, 4.69) is 23.5 Å². The summed E-state index contributed by atoms with van der Waals surface area (Å²) >= 11 is 0. The molecule has 0 heterocycles. The van der Waals surface area contributed by atoms with E-state index in [0.717, 1.165) is 31.6 Å². The van der Waals surface area contributed by atoms with Crippen LogP contribution < -0.4 is 10.5 Å². The molecular weight excluding hydrogens is 286 g/mol. The molecule has 0 fully saturated rings. The summed E-state index contributed by atoms with van der Waals surface area (Å²) in [6, 6.07) is 5.05. The van der Waals surface area contributed by atoms with Crippen molar-refractivity contribution in [3.05, 3.63) is 23.8 Å². The van der Waals surface area contributed by atoms with Gasteiger partial charge in [0, 0.05) is 12.2 Å². The van der Waals surface area contributed by atoms with E-state index in [0.29, 0.717) is 23.5 Å². The normalized spacial score (nSPS) is 12.0. The van der Waals surface area contributed by atoms with Crippen molar-refractivity contribution in [2.75, 3.05) is 31.9 Å². The molecule has 1 rings (SSSR count). The summed E-state index contributed by atoms with van der Waals surface area (Å²) in [5.41, 5.74) is 6.97. The molecule has 0 radical (unpaired) electrons. The molecule has 0 aliphatic carbocycles. The van der Waals surface area contributed by atoms with Gasteiger partial charge < -0.3 is 10.6 Å². The summed E-state index contributed by atoms with van der Waals surface area (Å²) in [7, 11) is -3.49. The van der Waals surface area contributed by atoms with E-state index in [1.807, 2.05) is 6.92 Å². The first-order chi connectivity index (χ1) is 9.94. The third kappa shape index (κ3) is 5.30. The summed E-state index contributed by atoms with van der Waals surface area (Å²) in [5, 5.41) is 0. The largest absolute Gasteiger partial charge is 0.399 e. The van der Waals surface area contributed by atoms with E-state index < -0.39 is 10.0 Å². The van der Waals surface area contributed by atoms with Crippen LogP contribution in [0.1, 0.15) is 32.8 Å². The zero-order valence-corrected chi connectivity index (χ0v) is 14.0. The highest BCUT2D eigenvalue weighted by molar-refractivity contribution is 7.89. The molecule has 0 spiro atoms. The molecule has 120 valence electrons. The van der Waals surface area contributed by atoms with Crippen LogP contribution in [0, 0.1) is 0 Å². The molecule has 0 atom stereocenters. The molecule has 0 amide bonds. The van der Waals surface area contributed by atoms with Gasteiger partial charge in [0.05, 0.1) is 4.90 Å². The number of hydrogen-bond donors (Lipinski definition) is 2. The van der Waals surface area contributed by atoms with Crippen molar-refractivity contribution in [3.8, 4) is 0 Å². The third-order valence-electron chi connectivity index (χ3n) is 3.60. The second-order valence-corrected chi connectivity index (χ2v) is 6.73. The fourth-order valence-corrected chi connectivity index (χ4v) is 3.66. The van der Waals surface area contributed by atoms with Crippen LogP contribution in [0.2, 0.25) is 0 Å². The van der Waals surface area contributed by atoms with Crippen molar-refractivity contribution in [2.45, 2.75) is 38.5 Å². The van der Waals surface area contributed by atoms with Crippen LogP contribution in [0.15, 0.2) is 23.1 Å². The maximum absolute atomic E-state index is 12.4. The number of hydrogen-bond acceptors (Lipinski definition) is 4. The maximum Gasteiger partial charge on any atom is 0.240 e. The quantitative estimate of drug-likeness (QED) is 0.539. The van der Waals surface area contributed by atoms with Gasteiger partial charge in [0.2, 0.25) is 10.0 Å². The van der Waals surface area contributed by atoms with E-state index in [-0.39, 0.29) is 0 Å². The molecular formula is C15H27N3O2S. The molecule has 3 N–H and O–H groups in total. The molecule has 0 aromatic heterocycles. The Morgan fingerprint density at radius 1 is 1.19 bits per heavy atom. The van der Waals surface area contributed by atoms with Crippen molar-refractivity contribution in [2.24, 2.45) is 0 Å². The highest BCUT2D eigenvalue weighted by Crippen LogP contribution is 2.19. The molecule has 0 saturated carbocycles. The van der Waals surface area contributed by atoms with Crippen molar-refractivity contribution in [3.63, 3.8) is 0 Å². The Bertz CT molecular complexity index is 540. The van der Waals surface area contributed by atoms with Gasteiger partial charge in [-0.2, -0.15) is 0 Å². The van der Waals surface area contributed by atoms with Crippen LogP contribution in [-0.2, 0) is 16.4 Å². The predicted molar refractivity (Wildman–Crippen MR) is 87.8 cm³/mol. The van der Waals surface area contributed by atoms with Crippen LogP contribution in [0.4, 0.5) is 5.69 Å². The smallest absolute Gasteiger partial charge is 0.240 e. The number of rotatable bonds is 9. The van der Waals surface area contributed by atoms with Crippen LogP contribution >= 0.6 is 0 Å². The Morgan fingerprint density at radius 3 is 2.43 bits per heavy atom. The predicted octanol–water partition coefficient (Wildman–Crippen LogP) is 1.84. The zero-order chi connectivity index (χ0) is 15.9. The molecule has 1 aromatic carbocycles. The van der Waals surface area contributed by atoms with E-state index in [9.17, 15) is 8.42 Å². The molecule has 0 aliphatic heterocycles. The summed E-state index contributed by atoms with van der Waals surface area (Å²) in [5.74, 6) is 0. The molecule has 0 aliphatic rings. The lowest BCUT2D eigenvalue weighted by Gasteiger charge is -2.18. The van der Waals surface area contributed by atoms with Crippen LogP contribution in [0.3, 0.4) is 0 Å². The Hall–Kier alpha value is -1.11. The molecule has 0 saturated heterocycles. The summed E-state index contributed by atoms with van der Waals surface area (Å²) in [6.45, 7) is 9.45. The SMILES string of the molecule is CCc1ccc(N)cc1S(=O)(=O)NCCCN(CC)CC. The van der Waals surface area contributed by atoms with Gasteiger partial charge in [0.15, 0.2) is 0 Å². The zero-order valence-electron chi connectivity index (χ0n) is 13.2. The Morgan fingerprint density at radius 2 is 1.86 bits per heavy atom. The maximum atomic E-state index is 12.4. The van der Waals surface area contributed by atoms with Crippen molar-refractivity contribution in [1.29, 1.82) is 0 Å². The monoisotopic (exact) mass is 313 g/mol. The van der Waals surface area contributed by atoms with Gasteiger partial charge in [-0.1, -0.05) is 26.8 Å². The van der Waals surface area contributed by atoms with Gasteiger partial charge in [0.25, 0.3) is 0 Å². The minimum atomic E-state index is -3.49. The number of anilines is 1. The van der Waals surface area contributed by atoms with Gasteiger partial charge in [-0.25, -0.2) is 13.1 Å². The minimum Gasteiger partial charge on any atom is -0.399 e. The average Bonchev–Trinajstić information content (AvgIpc) is 2.47. The van der Waals surface area contributed by atoms with Gasteiger partial charge in [0.1, 0.15) is 0 Å². The van der Waals surface area contributed by atoms with Gasteiger partial charge in [-0.15, -0.1) is 0 Å². The van der Waals surface area contributed by atoms with E-state index in [4.69, 9.17) is 5.73 Å². The minimum absolute atomic E-state index is 0.299. The fraction of sp³-hybridized carbons (Fsp3) is 0.600. The van der Waals surface area contributed by atoms with E-state index >= 15 is 0 Å². The lowest BCUT2D eigenvalue weighted by molar-refractivity contribution is 0.300. The highest BCUT2D eigenvalue weighted by Gasteiger charge is 2.17. The summed E-state index contributed by atoms with van der Waals surface area (Å²) < 4.78 is 27.4. The summed E-state index contributed by atoms with van der Waals surface area (Å²) in [4.78, 5) is 2.57. The number of sulfonamides is 1. The fourth-order valence-electron chi connectivity index (χ4n) is 2.24. The highest BCUT2D eigenvalue weighted by atomic mass is 32.2. The molecule has 0 bridgehead atoms. The van der Waals surface area contributed by atoms with Crippen molar-refractivity contribution in [1.82, 2.24) is 9.62 Å². The first-order valence-corrected chi connectivity index (χ1v) is 9.03. The van der Waals surface area contributed by atoms with Crippen molar-refractivity contribution >= 4 is 15.7 Å². The standard InChI is InChI=1S/C15H27N3O2S/c1-4-13-8-9-14(16)12-15(13)21(19,20)17-10-7-11-18(5-2)6-3/h8-9,12,17H,4-7,10-11,16H2,1-3H3. The van der Waals surface area contributed by atoms with E-state index in [1.54, 1.807) is 12.1 Å². The van der Waals surface area contributed by atoms with Gasteiger partial charge in [-0.05, 0) is 50.2 Å². The van der Waals surface area contributed by atoms with Crippen molar-refractivity contribution < 1.29 is 8.42 Å². The molecule has 5 nitrogen and oxygen atoms in total. The average molecular weight is 313 g/mol. The first-order valence-electron chi connectivity index (χ1n) is 7.55. The van der Waals surface area contributed by atoms with Gasteiger partial charge >= 0.3 is 0 Å².